The maximum absolute atomic E-state index is 14.6. The maximum Gasteiger partial charge on any atom is 0.280 e. The lowest BCUT2D eigenvalue weighted by Crippen LogP contribution is -2.51. The zero-order valence-electron chi connectivity index (χ0n) is 24.5. The molecule has 9 nitrogen and oxygen atoms in total. The van der Waals surface area contributed by atoms with Crippen molar-refractivity contribution >= 4 is 52.3 Å². The van der Waals surface area contributed by atoms with Gasteiger partial charge in [-0.15, -0.1) is 0 Å². The second kappa shape index (κ2) is 10.1. The van der Waals surface area contributed by atoms with Crippen LogP contribution >= 0.6 is 23.2 Å². The zero-order chi connectivity index (χ0) is 31.0. The molecule has 6 rings (SSSR count). The summed E-state index contributed by atoms with van der Waals surface area (Å²) in [4.78, 5) is 49.5. The number of carbonyl (C=O) groups is 3. The van der Waals surface area contributed by atoms with Gasteiger partial charge in [-0.1, -0.05) is 35.3 Å². The van der Waals surface area contributed by atoms with Crippen molar-refractivity contribution < 1.29 is 19.1 Å². The molecule has 2 aliphatic heterocycles. The average Bonchev–Trinajstić information content (AvgIpc) is 3.57. The number of anilines is 2. The lowest BCUT2D eigenvalue weighted by atomic mass is 9.86. The summed E-state index contributed by atoms with van der Waals surface area (Å²) in [5.41, 5.74) is 2.30. The summed E-state index contributed by atoms with van der Waals surface area (Å²) in [5.74, 6) is -0.198. The Morgan fingerprint density at radius 1 is 1.02 bits per heavy atom. The fraction of sp³-hybridized carbons (Fsp3) is 0.250. The number of hydrogen-bond donors (Lipinski definition) is 1. The number of ether oxygens (including phenoxy) is 1. The highest BCUT2D eigenvalue weighted by Crippen LogP contribution is 2.55. The molecule has 43 heavy (non-hydrogen) atoms. The predicted molar refractivity (Wildman–Crippen MR) is 166 cm³/mol. The van der Waals surface area contributed by atoms with Gasteiger partial charge in [0.1, 0.15) is 11.6 Å². The summed E-state index contributed by atoms with van der Waals surface area (Å²) >= 11 is 12.8. The number of hydrogen-bond acceptors (Lipinski definition) is 5. The van der Waals surface area contributed by atoms with Gasteiger partial charge >= 0.3 is 0 Å². The van der Waals surface area contributed by atoms with Crippen LogP contribution in [0.3, 0.4) is 0 Å². The third-order valence-electron chi connectivity index (χ3n) is 7.97. The number of imidazole rings is 1. The van der Waals surface area contributed by atoms with E-state index in [0.717, 1.165) is 5.56 Å². The Hall–Kier alpha value is -4.34. The molecule has 4 aromatic rings. The summed E-state index contributed by atoms with van der Waals surface area (Å²) in [6, 6.07) is 15.3. The van der Waals surface area contributed by atoms with Crippen LogP contribution < -0.4 is 15.0 Å². The Morgan fingerprint density at radius 2 is 1.72 bits per heavy atom. The first kappa shape index (κ1) is 28.8. The molecule has 1 N–H and O–H groups in total. The van der Waals surface area contributed by atoms with Crippen molar-refractivity contribution in [3.8, 4) is 17.1 Å². The van der Waals surface area contributed by atoms with E-state index in [0.29, 0.717) is 55.4 Å². The van der Waals surface area contributed by atoms with Gasteiger partial charge in [-0.05, 0) is 68.8 Å². The molecular formula is C32H29Cl2N5O4. The summed E-state index contributed by atoms with van der Waals surface area (Å²) in [7, 11) is 4.86. The second-order valence-corrected chi connectivity index (χ2v) is 12.0. The summed E-state index contributed by atoms with van der Waals surface area (Å²) in [6.07, 6.45) is 0. The smallest absolute Gasteiger partial charge is 0.280 e. The summed E-state index contributed by atoms with van der Waals surface area (Å²) in [6.45, 7) is 5.79. The van der Waals surface area contributed by atoms with Crippen molar-refractivity contribution in [1.82, 2.24) is 14.5 Å². The highest BCUT2D eigenvalue weighted by atomic mass is 35.5. The molecule has 2 aliphatic rings. The van der Waals surface area contributed by atoms with Gasteiger partial charge in [-0.3, -0.25) is 19.3 Å². The van der Waals surface area contributed by atoms with Gasteiger partial charge in [0, 0.05) is 47.0 Å². The van der Waals surface area contributed by atoms with Crippen LogP contribution in [0.2, 0.25) is 10.0 Å². The molecule has 0 saturated heterocycles. The van der Waals surface area contributed by atoms with E-state index in [1.54, 1.807) is 62.6 Å². The lowest BCUT2D eigenvalue weighted by Gasteiger charge is -2.36. The highest BCUT2D eigenvalue weighted by molar-refractivity contribution is 6.32. The Bertz CT molecular complexity index is 1860. The average molecular weight is 619 g/mol. The summed E-state index contributed by atoms with van der Waals surface area (Å²) in [5, 5.41) is 3.85. The Kier molecular flexibility index (Phi) is 6.78. The van der Waals surface area contributed by atoms with Gasteiger partial charge < -0.3 is 19.5 Å². The molecule has 3 amide bonds. The first-order valence-electron chi connectivity index (χ1n) is 13.7. The van der Waals surface area contributed by atoms with Crippen LogP contribution in [0.5, 0.6) is 5.75 Å². The minimum Gasteiger partial charge on any atom is -0.496 e. The minimum atomic E-state index is -1.61. The van der Waals surface area contributed by atoms with Crippen LogP contribution in [-0.4, -0.2) is 53.4 Å². The normalized spacial score (nSPS) is 17.0. The van der Waals surface area contributed by atoms with Gasteiger partial charge in [-0.25, -0.2) is 4.98 Å². The van der Waals surface area contributed by atoms with Gasteiger partial charge in [-0.2, -0.15) is 0 Å². The van der Waals surface area contributed by atoms with E-state index in [-0.39, 0.29) is 17.6 Å². The fourth-order valence-electron chi connectivity index (χ4n) is 6.09. The van der Waals surface area contributed by atoms with Gasteiger partial charge in [0.25, 0.3) is 17.7 Å². The van der Waals surface area contributed by atoms with E-state index in [1.165, 1.54) is 16.9 Å². The molecule has 0 bridgehead atoms. The number of aromatic nitrogens is 2. The monoisotopic (exact) mass is 617 g/mol. The van der Waals surface area contributed by atoms with Gasteiger partial charge in [0.2, 0.25) is 0 Å². The Labute approximate surface area is 259 Å². The molecule has 0 radical (unpaired) electrons. The molecule has 11 heteroatoms. The van der Waals surface area contributed by atoms with Crippen molar-refractivity contribution in [3.63, 3.8) is 0 Å². The van der Waals surface area contributed by atoms with E-state index in [1.807, 2.05) is 31.4 Å². The summed E-state index contributed by atoms with van der Waals surface area (Å²) < 4.78 is 7.64. The van der Waals surface area contributed by atoms with Crippen LogP contribution in [0.15, 0.2) is 54.6 Å². The number of amides is 3. The van der Waals surface area contributed by atoms with Crippen molar-refractivity contribution in [2.45, 2.75) is 32.4 Å². The Balaban J connectivity index is 1.69. The van der Waals surface area contributed by atoms with Crippen molar-refractivity contribution in [3.05, 3.63) is 92.7 Å². The van der Waals surface area contributed by atoms with Crippen LogP contribution in [0.1, 0.15) is 57.6 Å². The molecule has 220 valence electrons. The third-order valence-corrected chi connectivity index (χ3v) is 8.44. The molecule has 0 unspecified atom stereocenters. The first-order valence-corrected chi connectivity index (χ1v) is 14.4. The van der Waals surface area contributed by atoms with Crippen LogP contribution in [0.4, 0.5) is 11.4 Å². The number of halogens is 2. The molecule has 0 aliphatic carbocycles. The second-order valence-electron chi connectivity index (χ2n) is 11.1. The fourth-order valence-corrected chi connectivity index (χ4v) is 6.43. The topological polar surface area (TPSA) is 96.8 Å². The number of aryl methyl sites for hydroxylation is 1. The lowest BCUT2D eigenvalue weighted by molar-refractivity contribution is -0.119. The number of rotatable bonds is 5. The number of fused-ring (bicyclic) bond motifs is 4. The molecule has 1 aromatic heterocycles. The highest BCUT2D eigenvalue weighted by Gasteiger charge is 2.64. The van der Waals surface area contributed by atoms with Crippen molar-refractivity contribution in [1.29, 1.82) is 0 Å². The SMILES string of the molecule is COc1cc(C(=O)N(C)C)ccc1-c1nc2c(n1C(C)C)[C@@]1(C(=O)Nc3cc(Cl)ccc31)N(c1cc(Cl)ccc1C)C2=O. The largest absolute Gasteiger partial charge is 0.496 e. The molecule has 3 aromatic carbocycles. The van der Waals surface area contributed by atoms with E-state index < -0.39 is 17.4 Å². The number of nitrogens with one attached hydrogen (secondary N) is 1. The molecule has 1 atom stereocenters. The van der Waals surface area contributed by atoms with E-state index in [9.17, 15) is 14.4 Å². The number of carbonyl (C=O) groups excluding carboxylic acids is 3. The molecule has 0 saturated carbocycles. The molecule has 1 spiro atoms. The minimum absolute atomic E-state index is 0.136. The quantitative estimate of drug-likeness (QED) is 0.283. The van der Waals surface area contributed by atoms with Crippen molar-refractivity contribution in [2.75, 3.05) is 31.4 Å². The van der Waals surface area contributed by atoms with Crippen LogP contribution in [0, 0.1) is 6.92 Å². The van der Waals surface area contributed by atoms with Gasteiger partial charge in [0.05, 0.1) is 24.1 Å². The third kappa shape index (κ3) is 4.06. The number of benzene rings is 3. The van der Waals surface area contributed by atoms with Gasteiger partial charge in [0.15, 0.2) is 11.2 Å². The zero-order valence-corrected chi connectivity index (χ0v) is 26.0. The molecule has 3 heterocycles. The standard InChI is InChI=1S/C32H29Cl2N5O4/c1-16(2)38-27-26(36-28(38)21-11-8-18(13-25(21)43-6)29(40)37(4)5)30(41)39(24-15-20(34)9-7-17(24)3)32(27)22-12-10-19(33)14-23(22)35-31(32)42/h7-16H,1-6H3,(H,35,42)/t32-/m0/s1. The van der Waals surface area contributed by atoms with E-state index in [4.69, 9.17) is 32.9 Å². The first-order chi connectivity index (χ1) is 20.4. The van der Waals surface area contributed by atoms with E-state index in [2.05, 4.69) is 5.32 Å². The number of nitrogens with zero attached hydrogens (tertiary/aromatic N) is 4. The predicted octanol–water partition coefficient (Wildman–Crippen LogP) is 6.31. The maximum atomic E-state index is 14.6. The Morgan fingerprint density at radius 3 is 2.40 bits per heavy atom. The molecular weight excluding hydrogens is 589 g/mol. The van der Waals surface area contributed by atoms with Crippen molar-refractivity contribution in [2.24, 2.45) is 0 Å². The van der Waals surface area contributed by atoms with Crippen LogP contribution in [-0.2, 0) is 10.3 Å². The van der Waals surface area contributed by atoms with E-state index >= 15 is 0 Å². The number of methoxy groups -OCH3 is 1. The van der Waals surface area contributed by atoms with Crippen LogP contribution in [0.25, 0.3) is 11.4 Å². The molecule has 0 fully saturated rings.